The van der Waals surface area contributed by atoms with Crippen LogP contribution in [0.5, 0.6) is 5.75 Å². The summed E-state index contributed by atoms with van der Waals surface area (Å²) in [5, 5.41) is 2.17. The monoisotopic (exact) mass is 417 g/mol. The highest BCUT2D eigenvalue weighted by Crippen LogP contribution is 2.24. The van der Waals surface area contributed by atoms with Crippen LogP contribution in [0.15, 0.2) is 60.9 Å². The lowest BCUT2D eigenvalue weighted by atomic mass is 9.95. The lowest BCUT2D eigenvalue weighted by Gasteiger charge is -2.34. The second-order valence-corrected chi connectivity index (χ2v) is 8.07. The lowest BCUT2D eigenvalue weighted by molar-refractivity contribution is -0.143. The van der Waals surface area contributed by atoms with Crippen LogP contribution >= 0.6 is 0 Å². The molecule has 0 spiro atoms. The fraction of sp³-hybridized carbons (Fsp3) is 0.320. The van der Waals surface area contributed by atoms with Crippen molar-refractivity contribution in [2.45, 2.75) is 25.9 Å². The summed E-state index contributed by atoms with van der Waals surface area (Å²) in [4.78, 5) is 33.4. The second kappa shape index (κ2) is 9.16. The third kappa shape index (κ3) is 4.68. The van der Waals surface area contributed by atoms with E-state index in [1.54, 1.807) is 23.1 Å². The molecule has 1 fully saturated rings. The number of hydrogen-bond donors (Lipinski definition) is 0. The predicted octanol–water partition coefficient (Wildman–Crippen LogP) is 3.64. The molecule has 0 aliphatic carbocycles. The van der Waals surface area contributed by atoms with Gasteiger partial charge in [-0.15, -0.1) is 0 Å². The Morgan fingerprint density at radius 2 is 2.06 bits per heavy atom. The van der Waals surface area contributed by atoms with Gasteiger partial charge in [-0.1, -0.05) is 30.3 Å². The number of rotatable bonds is 6. The summed E-state index contributed by atoms with van der Waals surface area (Å²) < 4.78 is 5.28. The summed E-state index contributed by atoms with van der Waals surface area (Å²) >= 11 is 0. The van der Waals surface area contributed by atoms with Crippen LogP contribution in [0.2, 0.25) is 0 Å². The number of nitrogens with zero attached hydrogens (tertiary/aromatic N) is 3. The first kappa shape index (κ1) is 20.8. The van der Waals surface area contributed by atoms with Crippen LogP contribution < -0.4 is 4.74 Å². The summed E-state index contributed by atoms with van der Waals surface area (Å²) in [5.41, 5.74) is 2.09. The average Bonchev–Trinajstić information content (AvgIpc) is 2.80. The molecule has 4 rings (SSSR count). The molecule has 0 bridgehead atoms. The van der Waals surface area contributed by atoms with Crippen molar-refractivity contribution in [3.63, 3.8) is 0 Å². The van der Waals surface area contributed by atoms with Gasteiger partial charge >= 0.3 is 0 Å². The molecular formula is C25H27N3O3. The van der Waals surface area contributed by atoms with Gasteiger partial charge in [-0.3, -0.25) is 14.6 Å². The van der Waals surface area contributed by atoms with Gasteiger partial charge in [0.2, 0.25) is 11.8 Å². The number of amides is 2. The summed E-state index contributed by atoms with van der Waals surface area (Å²) in [6.07, 6.45) is 4.60. The minimum absolute atomic E-state index is 0.0780. The summed E-state index contributed by atoms with van der Waals surface area (Å²) in [7, 11) is 3.47. The van der Waals surface area contributed by atoms with Crippen molar-refractivity contribution in [1.29, 1.82) is 0 Å². The largest absolute Gasteiger partial charge is 0.497 e. The molecule has 160 valence electrons. The predicted molar refractivity (Wildman–Crippen MR) is 119 cm³/mol. The van der Waals surface area contributed by atoms with Crippen LogP contribution in [-0.4, -0.2) is 47.3 Å². The van der Waals surface area contributed by atoms with E-state index in [9.17, 15) is 9.59 Å². The number of benzene rings is 2. The van der Waals surface area contributed by atoms with E-state index in [0.717, 1.165) is 27.6 Å². The maximum Gasteiger partial charge on any atom is 0.227 e. The number of carbonyl (C=O) groups is 2. The van der Waals surface area contributed by atoms with Crippen molar-refractivity contribution in [1.82, 2.24) is 14.8 Å². The molecule has 6 heteroatoms. The third-order valence-electron chi connectivity index (χ3n) is 5.91. The number of likely N-dealkylation sites (tertiary alicyclic amines) is 1. The van der Waals surface area contributed by atoms with E-state index in [1.807, 2.05) is 61.8 Å². The number of piperidine rings is 1. The topological polar surface area (TPSA) is 62.7 Å². The molecular weight excluding hydrogens is 390 g/mol. The SMILES string of the molecule is COc1cccc(CN2CC(C(=O)N(C)Cc3cccc4cnccc34)CCC2=O)c1. The summed E-state index contributed by atoms with van der Waals surface area (Å²) in [5.74, 6) is 0.745. The molecule has 2 amide bonds. The second-order valence-electron chi connectivity index (χ2n) is 8.07. The van der Waals surface area contributed by atoms with Crippen LogP contribution in [0.4, 0.5) is 0 Å². The van der Waals surface area contributed by atoms with Crippen molar-refractivity contribution < 1.29 is 14.3 Å². The van der Waals surface area contributed by atoms with Gasteiger partial charge in [-0.25, -0.2) is 0 Å². The number of hydrogen-bond acceptors (Lipinski definition) is 4. The molecule has 2 heterocycles. The minimum Gasteiger partial charge on any atom is -0.497 e. The molecule has 1 saturated heterocycles. The van der Waals surface area contributed by atoms with Gasteiger partial charge in [-0.05, 0) is 41.1 Å². The molecule has 6 nitrogen and oxygen atoms in total. The van der Waals surface area contributed by atoms with Crippen molar-refractivity contribution in [2.75, 3.05) is 20.7 Å². The Bertz CT molecular complexity index is 1090. The Hall–Kier alpha value is -3.41. The zero-order chi connectivity index (χ0) is 21.8. The fourth-order valence-electron chi connectivity index (χ4n) is 4.23. The molecule has 1 unspecified atom stereocenters. The standard InChI is InChI=1S/C25H27N3O3/c1-27(16-20-7-4-6-19-14-26-12-11-23(19)20)25(30)21-9-10-24(29)28(17-21)15-18-5-3-8-22(13-18)31-2/h3-8,11-14,21H,9-10,15-17H2,1-2H3. The number of pyridine rings is 1. The van der Waals surface area contributed by atoms with Gasteiger partial charge in [0.25, 0.3) is 0 Å². The molecule has 0 saturated carbocycles. The highest BCUT2D eigenvalue weighted by atomic mass is 16.5. The molecule has 2 aromatic carbocycles. The molecule has 0 N–H and O–H groups in total. The van der Waals surface area contributed by atoms with Crippen LogP contribution in [0.25, 0.3) is 10.8 Å². The van der Waals surface area contributed by atoms with E-state index in [2.05, 4.69) is 4.98 Å². The first-order chi connectivity index (χ1) is 15.0. The first-order valence-electron chi connectivity index (χ1n) is 10.5. The van der Waals surface area contributed by atoms with Gasteiger partial charge in [0.1, 0.15) is 5.75 Å². The van der Waals surface area contributed by atoms with Gasteiger partial charge in [0.05, 0.1) is 13.0 Å². The highest BCUT2D eigenvalue weighted by Gasteiger charge is 2.32. The maximum absolute atomic E-state index is 13.2. The highest BCUT2D eigenvalue weighted by molar-refractivity contribution is 5.86. The summed E-state index contributed by atoms with van der Waals surface area (Å²) in [6, 6.07) is 15.8. The molecule has 0 radical (unpaired) electrons. The quantitative estimate of drug-likeness (QED) is 0.614. The third-order valence-corrected chi connectivity index (χ3v) is 5.91. The van der Waals surface area contributed by atoms with Crippen LogP contribution in [0, 0.1) is 5.92 Å². The van der Waals surface area contributed by atoms with E-state index in [1.165, 1.54) is 0 Å². The van der Waals surface area contributed by atoms with Gasteiger partial charge in [0.15, 0.2) is 0 Å². The molecule has 1 aliphatic rings. The molecule has 1 aromatic heterocycles. The average molecular weight is 418 g/mol. The van der Waals surface area contributed by atoms with Crippen molar-refractivity contribution in [2.24, 2.45) is 5.92 Å². The van der Waals surface area contributed by atoms with Gasteiger partial charge in [-0.2, -0.15) is 0 Å². The number of ether oxygens (including phenoxy) is 1. The number of carbonyl (C=O) groups excluding carboxylic acids is 2. The molecule has 31 heavy (non-hydrogen) atoms. The van der Waals surface area contributed by atoms with Crippen molar-refractivity contribution in [3.05, 3.63) is 72.1 Å². The van der Waals surface area contributed by atoms with Gasteiger partial charge < -0.3 is 14.5 Å². The number of fused-ring (bicyclic) bond motifs is 1. The van der Waals surface area contributed by atoms with Crippen LogP contribution in [0.3, 0.4) is 0 Å². The van der Waals surface area contributed by atoms with Crippen molar-refractivity contribution in [3.8, 4) is 5.75 Å². The van der Waals surface area contributed by atoms with Gasteiger partial charge in [0, 0.05) is 50.9 Å². The minimum atomic E-state index is -0.190. The Labute approximate surface area is 182 Å². The first-order valence-corrected chi connectivity index (χ1v) is 10.5. The zero-order valence-corrected chi connectivity index (χ0v) is 18.0. The Morgan fingerprint density at radius 3 is 2.90 bits per heavy atom. The number of aromatic nitrogens is 1. The zero-order valence-electron chi connectivity index (χ0n) is 18.0. The Kier molecular flexibility index (Phi) is 6.16. The molecule has 1 atom stereocenters. The lowest BCUT2D eigenvalue weighted by Crippen LogP contribution is -2.45. The smallest absolute Gasteiger partial charge is 0.227 e. The Morgan fingerprint density at radius 1 is 1.23 bits per heavy atom. The van der Waals surface area contributed by atoms with E-state index < -0.39 is 0 Å². The van der Waals surface area contributed by atoms with Crippen LogP contribution in [0.1, 0.15) is 24.0 Å². The number of methoxy groups -OCH3 is 1. The van der Waals surface area contributed by atoms with E-state index >= 15 is 0 Å². The van der Waals surface area contributed by atoms with E-state index in [0.29, 0.717) is 32.5 Å². The molecule has 3 aromatic rings. The summed E-state index contributed by atoms with van der Waals surface area (Å²) in [6.45, 7) is 1.46. The van der Waals surface area contributed by atoms with E-state index in [4.69, 9.17) is 4.74 Å². The molecule has 1 aliphatic heterocycles. The Balaban J connectivity index is 1.44. The van der Waals surface area contributed by atoms with Crippen LogP contribution in [-0.2, 0) is 22.7 Å². The fourth-order valence-corrected chi connectivity index (χ4v) is 4.23. The normalized spacial score (nSPS) is 16.4. The maximum atomic E-state index is 13.2. The van der Waals surface area contributed by atoms with E-state index in [-0.39, 0.29) is 17.7 Å². The van der Waals surface area contributed by atoms with Crippen molar-refractivity contribution >= 4 is 22.6 Å².